The largest absolute Gasteiger partial charge is 0.299 e. The van der Waals surface area contributed by atoms with Gasteiger partial charge in [0.15, 0.2) is 0 Å². The lowest BCUT2D eigenvalue weighted by atomic mass is 9.51. The van der Waals surface area contributed by atoms with E-state index in [-0.39, 0.29) is 0 Å². The number of aryl methyl sites for hydroxylation is 1. The maximum Gasteiger partial charge on any atom is 0.143 e. The van der Waals surface area contributed by atoms with Gasteiger partial charge >= 0.3 is 0 Å². The van der Waals surface area contributed by atoms with Crippen LogP contribution < -0.4 is 0 Å². The number of thiazole rings is 1. The van der Waals surface area contributed by atoms with Crippen LogP contribution in [0.25, 0.3) is 0 Å². The molecular weight excluding hydrogens is 254 g/mol. The van der Waals surface area contributed by atoms with Gasteiger partial charge < -0.3 is 0 Å². The van der Waals surface area contributed by atoms with Gasteiger partial charge in [-0.2, -0.15) is 0 Å². The number of hydrogen-bond donors (Lipinski definition) is 0. The Labute approximate surface area is 118 Å². The van der Waals surface area contributed by atoms with Crippen molar-refractivity contribution >= 4 is 17.1 Å². The van der Waals surface area contributed by atoms with Crippen LogP contribution in [0.1, 0.15) is 42.8 Å². The third kappa shape index (κ3) is 2.06. The minimum atomic E-state index is 0.372. The summed E-state index contributed by atoms with van der Waals surface area (Å²) >= 11 is 1.65. The van der Waals surface area contributed by atoms with Gasteiger partial charge in [0.1, 0.15) is 10.8 Å². The van der Waals surface area contributed by atoms with Crippen LogP contribution in [0.2, 0.25) is 0 Å². The van der Waals surface area contributed by atoms with Crippen molar-refractivity contribution in [1.82, 2.24) is 4.98 Å². The normalized spacial score (nSPS) is 39.7. The Kier molecular flexibility index (Phi) is 2.80. The lowest BCUT2D eigenvalue weighted by Gasteiger charge is -2.53. The second-order valence-electron chi connectivity index (χ2n) is 6.98. The highest BCUT2D eigenvalue weighted by atomic mass is 32.1. The minimum absolute atomic E-state index is 0.372. The van der Waals surface area contributed by atoms with Crippen LogP contribution in [0.4, 0.5) is 0 Å². The maximum absolute atomic E-state index is 12.7. The first-order chi connectivity index (χ1) is 9.19. The van der Waals surface area contributed by atoms with Crippen molar-refractivity contribution in [1.29, 1.82) is 0 Å². The van der Waals surface area contributed by atoms with Crippen LogP contribution in [0, 0.1) is 36.5 Å². The fraction of sp³-hybridized carbons (Fsp3) is 0.750. The molecule has 4 aliphatic carbocycles. The van der Waals surface area contributed by atoms with Gasteiger partial charge in [0.05, 0.1) is 6.42 Å². The standard InChI is InChI=1S/C16H21NOS/c1-9-8-19-15(17-9)7-14(18)16-12-3-10-2-11(5-12)6-13(16)4-10/h8,10-13,16H,2-7H2,1H3. The molecular formula is C16H21NOS. The first kappa shape index (κ1) is 12.1. The first-order valence-electron chi connectivity index (χ1n) is 7.62. The third-order valence-electron chi connectivity index (χ3n) is 5.59. The summed E-state index contributed by atoms with van der Waals surface area (Å²) in [4.78, 5) is 17.1. The van der Waals surface area contributed by atoms with Gasteiger partial charge in [-0.15, -0.1) is 11.3 Å². The van der Waals surface area contributed by atoms with Crippen molar-refractivity contribution in [2.75, 3.05) is 0 Å². The van der Waals surface area contributed by atoms with E-state index in [1.807, 2.05) is 6.92 Å². The first-order valence-corrected chi connectivity index (χ1v) is 8.50. The molecule has 4 saturated carbocycles. The Morgan fingerprint density at radius 3 is 2.37 bits per heavy atom. The van der Waals surface area contributed by atoms with Gasteiger partial charge in [-0.1, -0.05) is 0 Å². The number of aromatic nitrogens is 1. The predicted octanol–water partition coefficient (Wildman–Crippen LogP) is 3.64. The fourth-order valence-corrected chi connectivity index (χ4v) is 5.98. The van der Waals surface area contributed by atoms with E-state index in [0.29, 0.717) is 30.0 Å². The maximum atomic E-state index is 12.7. The molecule has 4 fully saturated rings. The highest BCUT2D eigenvalue weighted by Crippen LogP contribution is 2.56. The molecule has 0 N–H and O–H groups in total. The lowest BCUT2D eigenvalue weighted by Crippen LogP contribution is -2.48. The summed E-state index contributed by atoms with van der Waals surface area (Å²) < 4.78 is 0. The molecule has 1 heterocycles. The molecule has 1 aromatic heterocycles. The van der Waals surface area contributed by atoms with Crippen LogP contribution >= 0.6 is 11.3 Å². The zero-order valence-electron chi connectivity index (χ0n) is 11.5. The molecule has 0 spiro atoms. The molecule has 0 aliphatic heterocycles. The lowest BCUT2D eigenvalue weighted by molar-refractivity contribution is -0.135. The number of nitrogens with zero attached hydrogens (tertiary/aromatic N) is 1. The number of rotatable bonds is 3. The molecule has 5 rings (SSSR count). The molecule has 0 amide bonds. The molecule has 4 aliphatic rings. The van der Waals surface area contributed by atoms with Gasteiger partial charge in [-0.05, 0) is 62.7 Å². The van der Waals surface area contributed by atoms with Gasteiger partial charge in [-0.25, -0.2) is 4.98 Å². The van der Waals surface area contributed by atoms with Crippen molar-refractivity contribution in [3.8, 4) is 0 Å². The van der Waals surface area contributed by atoms with Crippen LogP contribution in [-0.2, 0) is 11.2 Å². The number of carbonyl (C=O) groups excluding carboxylic acids is 1. The van der Waals surface area contributed by atoms with Gasteiger partial charge in [-0.3, -0.25) is 4.79 Å². The summed E-state index contributed by atoms with van der Waals surface area (Å²) in [6.07, 6.45) is 7.38. The van der Waals surface area contributed by atoms with Crippen molar-refractivity contribution in [3.63, 3.8) is 0 Å². The van der Waals surface area contributed by atoms with E-state index in [1.165, 1.54) is 32.1 Å². The Morgan fingerprint density at radius 2 is 1.84 bits per heavy atom. The minimum Gasteiger partial charge on any atom is -0.299 e. The monoisotopic (exact) mass is 275 g/mol. The second kappa shape index (κ2) is 4.41. The van der Waals surface area contributed by atoms with Crippen molar-refractivity contribution in [2.24, 2.45) is 29.6 Å². The van der Waals surface area contributed by atoms with E-state index >= 15 is 0 Å². The number of carbonyl (C=O) groups is 1. The summed E-state index contributed by atoms with van der Waals surface area (Å²) in [5.41, 5.74) is 1.05. The SMILES string of the molecule is Cc1csc(CC(=O)C2C3CC4CC(C3)CC2C4)n1. The second-order valence-corrected chi connectivity index (χ2v) is 7.92. The number of hydrogen-bond acceptors (Lipinski definition) is 3. The Hall–Kier alpha value is -0.700. The van der Waals surface area contributed by atoms with Crippen molar-refractivity contribution < 1.29 is 4.79 Å². The Morgan fingerprint density at radius 1 is 1.21 bits per heavy atom. The molecule has 0 saturated heterocycles. The van der Waals surface area contributed by atoms with Crippen LogP contribution in [0.15, 0.2) is 5.38 Å². The van der Waals surface area contributed by atoms with E-state index in [4.69, 9.17) is 0 Å². The number of Topliss-reactive ketones (excluding diaryl/α,β-unsaturated/α-hetero) is 1. The van der Waals surface area contributed by atoms with Crippen LogP contribution in [0.5, 0.6) is 0 Å². The van der Waals surface area contributed by atoms with Crippen LogP contribution in [0.3, 0.4) is 0 Å². The summed E-state index contributed by atoms with van der Waals surface area (Å²) in [5.74, 6) is 4.19. The zero-order valence-corrected chi connectivity index (χ0v) is 12.3. The fourth-order valence-electron chi connectivity index (χ4n) is 5.20. The molecule has 0 unspecified atom stereocenters. The summed E-state index contributed by atoms with van der Waals surface area (Å²) in [5, 5.41) is 3.08. The average molecular weight is 275 g/mol. The molecule has 2 nitrogen and oxygen atoms in total. The van der Waals surface area contributed by atoms with Crippen LogP contribution in [-0.4, -0.2) is 10.8 Å². The molecule has 4 bridgehead atoms. The van der Waals surface area contributed by atoms with Crippen molar-refractivity contribution in [2.45, 2.75) is 45.4 Å². The molecule has 0 aromatic carbocycles. The Bertz CT molecular complexity index is 479. The molecule has 0 atom stereocenters. The molecule has 0 radical (unpaired) electrons. The Balaban J connectivity index is 1.51. The van der Waals surface area contributed by atoms with E-state index in [1.54, 1.807) is 11.3 Å². The summed E-state index contributed by atoms with van der Waals surface area (Å²) in [6, 6.07) is 0. The quantitative estimate of drug-likeness (QED) is 0.843. The van der Waals surface area contributed by atoms with E-state index < -0.39 is 0 Å². The topological polar surface area (TPSA) is 30.0 Å². The predicted molar refractivity (Wildman–Crippen MR) is 76.1 cm³/mol. The third-order valence-corrected chi connectivity index (χ3v) is 6.56. The van der Waals surface area contributed by atoms with Crippen molar-refractivity contribution in [3.05, 3.63) is 16.1 Å². The van der Waals surface area contributed by atoms with Gasteiger partial charge in [0, 0.05) is 17.0 Å². The van der Waals surface area contributed by atoms with E-state index in [9.17, 15) is 4.79 Å². The average Bonchev–Trinajstić information content (AvgIpc) is 2.73. The van der Waals surface area contributed by atoms with Gasteiger partial charge in [0.2, 0.25) is 0 Å². The zero-order chi connectivity index (χ0) is 13.0. The van der Waals surface area contributed by atoms with E-state index in [0.717, 1.165) is 22.5 Å². The summed E-state index contributed by atoms with van der Waals surface area (Å²) in [7, 11) is 0. The smallest absolute Gasteiger partial charge is 0.143 e. The number of ketones is 1. The highest BCUT2D eigenvalue weighted by Gasteiger charge is 2.50. The van der Waals surface area contributed by atoms with Gasteiger partial charge in [0.25, 0.3) is 0 Å². The highest BCUT2D eigenvalue weighted by molar-refractivity contribution is 7.09. The molecule has 102 valence electrons. The van der Waals surface area contributed by atoms with E-state index in [2.05, 4.69) is 10.4 Å². The molecule has 19 heavy (non-hydrogen) atoms. The molecule has 3 heteroatoms. The summed E-state index contributed by atoms with van der Waals surface area (Å²) in [6.45, 7) is 2.01. The molecule has 1 aromatic rings.